The van der Waals surface area contributed by atoms with E-state index in [0.29, 0.717) is 24.0 Å². The molecule has 0 radical (unpaired) electrons. The van der Waals surface area contributed by atoms with Crippen LogP contribution in [-0.2, 0) is 16.0 Å². The lowest BCUT2D eigenvalue weighted by atomic mass is 9.88. The predicted octanol–water partition coefficient (Wildman–Crippen LogP) is 3.18. The third-order valence-electron chi connectivity index (χ3n) is 5.59. The number of aliphatic hydroxyl groups excluding tert-OH is 1. The Labute approximate surface area is 197 Å². The van der Waals surface area contributed by atoms with E-state index in [1.54, 1.807) is 12.1 Å². The minimum Gasteiger partial charge on any atom is -0.374 e. The Kier molecular flexibility index (Phi) is 9.08. The van der Waals surface area contributed by atoms with Crippen molar-refractivity contribution in [3.05, 3.63) is 84.0 Å². The van der Waals surface area contributed by atoms with E-state index in [4.69, 9.17) is 5.73 Å². The number of halogens is 1. The van der Waals surface area contributed by atoms with E-state index in [-0.39, 0.29) is 29.9 Å². The van der Waals surface area contributed by atoms with Gasteiger partial charge in [0.2, 0.25) is 5.12 Å². The molecule has 0 spiro atoms. The maximum atomic E-state index is 13.9. The van der Waals surface area contributed by atoms with Gasteiger partial charge in [0.05, 0.1) is 12.2 Å². The number of carbonyl (C=O) groups excluding carboxylic acids is 2. The number of benzene rings is 1. The van der Waals surface area contributed by atoms with Gasteiger partial charge in [0.25, 0.3) is 0 Å². The van der Waals surface area contributed by atoms with Crippen LogP contribution >= 0.6 is 11.8 Å². The summed E-state index contributed by atoms with van der Waals surface area (Å²) in [5.74, 6) is -0.462. The molecule has 1 aromatic carbocycles. The number of nitrogens with one attached hydrogen (secondary N) is 1. The van der Waals surface area contributed by atoms with Gasteiger partial charge < -0.3 is 10.8 Å². The van der Waals surface area contributed by atoms with Gasteiger partial charge in [-0.3, -0.25) is 19.9 Å². The van der Waals surface area contributed by atoms with Crippen molar-refractivity contribution in [2.75, 3.05) is 12.3 Å². The molecule has 1 aromatic heterocycles. The first kappa shape index (κ1) is 25.0. The zero-order valence-corrected chi connectivity index (χ0v) is 19.1. The number of aliphatic hydroxyl groups is 1. The molecular weight excluding hydrogens is 441 g/mol. The zero-order valence-electron chi connectivity index (χ0n) is 18.2. The Morgan fingerprint density at radius 3 is 2.91 bits per heavy atom. The van der Waals surface area contributed by atoms with Gasteiger partial charge in [-0.1, -0.05) is 42.1 Å². The van der Waals surface area contributed by atoms with Crippen LogP contribution in [0.15, 0.2) is 61.5 Å². The largest absolute Gasteiger partial charge is 0.374 e. The molecule has 4 N–H and O–H groups in total. The van der Waals surface area contributed by atoms with Crippen molar-refractivity contribution in [3.63, 3.8) is 0 Å². The Bertz CT molecular complexity index is 1040. The number of nitrogens with zero attached hydrogens (tertiary/aromatic N) is 1. The van der Waals surface area contributed by atoms with Crippen LogP contribution in [0.25, 0.3) is 5.57 Å². The number of thioether (sulfide) groups is 1. The third-order valence-corrected chi connectivity index (χ3v) is 6.60. The standard InChI is InChI=1S/C25H28FN3O3S/c1-2-16(23(30)14-19-7-10-28-15-21(19)26)12-18(6-9-27)17-4-3-5-20(13-17)24(31)29-22-8-11-33-25(22)32/h2-7,10,13,15-16,22,24,29,31H,1,8-9,11-12,14,27H2/b18-6-. The molecule has 6 nitrogen and oxygen atoms in total. The van der Waals surface area contributed by atoms with Crippen molar-refractivity contribution < 1.29 is 19.1 Å². The van der Waals surface area contributed by atoms with Crippen LogP contribution in [-0.4, -0.2) is 39.3 Å². The van der Waals surface area contributed by atoms with Crippen molar-refractivity contribution in [1.82, 2.24) is 10.3 Å². The van der Waals surface area contributed by atoms with E-state index in [1.165, 1.54) is 24.0 Å². The van der Waals surface area contributed by atoms with Crippen molar-refractivity contribution in [3.8, 4) is 0 Å². The third kappa shape index (κ3) is 6.68. The quantitative estimate of drug-likeness (QED) is 0.343. The number of hydrogen-bond donors (Lipinski definition) is 3. The van der Waals surface area contributed by atoms with Crippen LogP contribution in [0.5, 0.6) is 0 Å². The van der Waals surface area contributed by atoms with E-state index in [9.17, 15) is 19.1 Å². The molecule has 0 aliphatic carbocycles. The lowest BCUT2D eigenvalue weighted by Crippen LogP contribution is -2.35. The number of allylic oxidation sites excluding steroid dienone is 2. The summed E-state index contributed by atoms with van der Waals surface area (Å²) in [6.45, 7) is 4.06. The molecule has 33 heavy (non-hydrogen) atoms. The monoisotopic (exact) mass is 469 g/mol. The van der Waals surface area contributed by atoms with Gasteiger partial charge in [-0.15, -0.1) is 6.58 Å². The van der Waals surface area contributed by atoms with Gasteiger partial charge >= 0.3 is 0 Å². The summed E-state index contributed by atoms with van der Waals surface area (Å²) < 4.78 is 13.9. The lowest BCUT2D eigenvalue weighted by Gasteiger charge is -2.19. The summed E-state index contributed by atoms with van der Waals surface area (Å²) in [7, 11) is 0. The van der Waals surface area contributed by atoms with Crippen molar-refractivity contribution in [2.24, 2.45) is 11.7 Å². The number of ketones is 1. The van der Waals surface area contributed by atoms with Gasteiger partial charge in [-0.2, -0.15) is 0 Å². The summed E-state index contributed by atoms with van der Waals surface area (Å²) in [4.78, 5) is 28.4. The van der Waals surface area contributed by atoms with Gasteiger partial charge in [-0.25, -0.2) is 4.39 Å². The summed E-state index contributed by atoms with van der Waals surface area (Å²) in [6, 6.07) is 8.40. The Morgan fingerprint density at radius 2 is 2.24 bits per heavy atom. The van der Waals surface area contributed by atoms with E-state index in [1.807, 2.05) is 24.3 Å². The molecule has 2 heterocycles. The second kappa shape index (κ2) is 12.0. The number of pyridine rings is 1. The van der Waals surface area contributed by atoms with E-state index < -0.39 is 18.0 Å². The fourth-order valence-electron chi connectivity index (χ4n) is 3.74. The Morgan fingerprint density at radius 1 is 1.42 bits per heavy atom. The minimum absolute atomic E-state index is 0.0342. The molecule has 3 rings (SSSR count). The molecule has 1 saturated heterocycles. The van der Waals surface area contributed by atoms with Crippen LogP contribution in [0.4, 0.5) is 4.39 Å². The summed E-state index contributed by atoms with van der Waals surface area (Å²) >= 11 is 1.27. The van der Waals surface area contributed by atoms with E-state index in [0.717, 1.165) is 23.1 Å². The average Bonchev–Trinajstić information content (AvgIpc) is 3.22. The molecule has 3 unspecified atom stereocenters. The maximum Gasteiger partial charge on any atom is 0.205 e. The van der Waals surface area contributed by atoms with Crippen molar-refractivity contribution >= 4 is 28.2 Å². The van der Waals surface area contributed by atoms with Crippen LogP contribution in [0.3, 0.4) is 0 Å². The maximum absolute atomic E-state index is 13.9. The van der Waals surface area contributed by atoms with E-state index in [2.05, 4.69) is 16.9 Å². The van der Waals surface area contributed by atoms with Gasteiger partial charge in [0.15, 0.2) is 0 Å². The predicted molar refractivity (Wildman–Crippen MR) is 129 cm³/mol. The molecule has 0 amide bonds. The topological polar surface area (TPSA) is 105 Å². The number of carbonyl (C=O) groups is 2. The molecule has 174 valence electrons. The molecule has 0 saturated carbocycles. The lowest BCUT2D eigenvalue weighted by molar-refractivity contribution is -0.120. The van der Waals surface area contributed by atoms with Crippen LogP contribution in [0, 0.1) is 11.7 Å². The molecule has 1 aliphatic rings. The van der Waals surface area contributed by atoms with Gasteiger partial charge in [-0.05, 0) is 47.2 Å². The Hall–Kier alpha value is -2.65. The molecule has 1 fully saturated rings. The first-order chi connectivity index (χ1) is 15.9. The Balaban J connectivity index is 1.75. The molecule has 1 aliphatic heterocycles. The highest BCUT2D eigenvalue weighted by Crippen LogP contribution is 2.28. The average molecular weight is 470 g/mol. The highest BCUT2D eigenvalue weighted by Gasteiger charge is 2.27. The number of Topliss-reactive ketones (excluding diaryl/α,β-unsaturated/α-hetero) is 1. The SMILES string of the molecule is C=CC(C/C(=C/CN)c1cccc(C(O)NC2CCSC2=O)c1)C(=O)Cc1ccncc1F. The van der Waals surface area contributed by atoms with Crippen LogP contribution in [0.2, 0.25) is 0 Å². The van der Waals surface area contributed by atoms with E-state index >= 15 is 0 Å². The fourth-order valence-corrected chi connectivity index (χ4v) is 4.68. The van der Waals surface area contributed by atoms with Gasteiger partial charge in [0, 0.05) is 30.8 Å². The summed E-state index contributed by atoms with van der Waals surface area (Å²) in [6.07, 6.45) is 5.91. The zero-order chi connectivity index (χ0) is 23.8. The molecule has 0 bridgehead atoms. The first-order valence-electron chi connectivity index (χ1n) is 10.8. The second-order valence-electron chi connectivity index (χ2n) is 7.82. The second-order valence-corrected chi connectivity index (χ2v) is 8.92. The number of rotatable bonds is 11. The fraction of sp³-hybridized carbons (Fsp3) is 0.320. The number of aromatic nitrogens is 1. The molecular formula is C25H28FN3O3S. The minimum atomic E-state index is -0.997. The molecule has 3 atom stereocenters. The van der Waals surface area contributed by atoms with Gasteiger partial charge in [0.1, 0.15) is 17.8 Å². The molecule has 2 aromatic rings. The number of hydrogen-bond acceptors (Lipinski definition) is 7. The van der Waals surface area contributed by atoms with Crippen LogP contribution in [0.1, 0.15) is 35.8 Å². The van der Waals surface area contributed by atoms with Crippen LogP contribution < -0.4 is 11.1 Å². The molecule has 8 heteroatoms. The summed E-state index contributed by atoms with van der Waals surface area (Å²) in [5.41, 5.74) is 8.32. The normalized spacial score (nSPS) is 18.2. The highest BCUT2D eigenvalue weighted by molar-refractivity contribution is 8.14. The first-order valence-corrected chi connectivity index (χ1v) is 11.7. The number of nitrogens with two attached hydrogens (primary N) is 1. The van der Waals surface area contributed by atoms with Crippen molar-refractivity contribution in [2.45, 2.75) is 31.5 Å². The smallest absolute Gasteiger partial charge is 0.205 e. The van der Waals surface area contributed by atoms with Crippen molar-refractivity contribution in [1.29, 1.82) is 0 Å². The highest BCUT2D eigenvalue weighted by atomic mass is 32.2. The summed E-state index contributed by atoms with van der Waals surface area (Å²) in [5, 5.41) is 13.6.